The average molecular weight is 343 g/mol. The van der Waals surface area contributed by atoms with Gasteiger partial charge in [-0.2, -0.15) is 8.42 Å². The molecule has 0 N–H and O–H groups in total. The highest BCUT2D eigenvalue weighted by atomic mass is 79.9. The number of halogens is 1. The molecule has 4 bridgehead atoms. The lowest BCUT2D eigenvalue weighted by Gasteiger charge is -2.14. The molecule has 4 aliphatic carbocycles. The smallest absolute Gasteiger partial charge is 0.266 e. The molecule has 3 nitrogen and oxygen atoms in total. The zero-order valence-corrected chi connectivity index (χ0v) is 12.7. The maximum atomic E-state index is 12.1. The van der Waals surface area contributed by atoms with Gasteiger partial charge in [0.2, 0.25) is 0 Å². The number of hydrogen-bond acceptors (Lipinski definition) is 3. The number of rotatable bonds is 4. The Bertz CT molecular complexity index is 596. The van der Waals surface area contributed by atoms with Crippen molar-refractivity contribution >= 4 is 26.0 Å². The standard InChI is InChI=1S/C14H15BrO3S/c15-9-1-3-10(4-2-9)19(16,17)18-7-13-8-5-11-12(6-8)14(11)13/h1-4,8,11-14H,5-7H2. The maximum Gasteiger partial charge on any atom is 0.296 e. The van der Waals surface area contributed by atoms with Gasteiger partial charge in [-0.3, -0.25) is 4.18 Å². The van der Waals surface area contributed by atoms with Crippen molar-refractivity contribution in [3.63, 3.8) is 0 Å². The van der Waals surface area contributed by atoms with Gasteiger partial charge >= 0.3 is 0 Å². The maximum absolute atomic E-state index is 12.1. The fourth-order valence-corrected chi connectivity index (χ4v) is 5.52. The Hall–Kier alpha value is -0.390. The van der Waals surface area contributed by atoms with Crippen LogP contribution in [-0.4, -0.2) is 15.0 Å². The molecule has 0 radical (unpaired) electrons. The Labute approximate surface area is 121 Å². The summed E-state index contributed by atoms with van der Waals surface area (Å²) < 4.78 is 30.4. The van der Waals surface area contributed by atoms with Crippen LogP contribution in [0.5, 0.6) is 0 Å². The van der Waals surface area contributed by atoms with Crippen LogP contribution < -0.4 is 0 Å². The van der Waals surface area contributed by atoms with Crippen LogP contribution in [-0.2, 0) is 14.3 Å². The Morgan fingerprint density at radius 2 is 1.79 bits per heavy atom. The fraction of sp³-hybridized carbons (Fsp3) is 0.571. The summed E-state index contributed by atoms with van der Waals surface area (Å²) in [4.78, 5) is 0.244. The minimum atomic E-state index is -3.60. The van der Waals surface area contributed by atoms with E-state index in [-0.39, 0.29) is 4.90 Å². The van der Waals surface area contributed by atoms with Gasteiger partial charge in [0.05, 0.1) is 11.5 Å². The molecule has 4 aliphatic rings. The van der Waals surface area contributed by atoms with E-state index in [9.17, 15) is 8.42 Å². The van der Waals surface area contributed by atoms with E-state index in [1.54, 1.807) is 24.3 Å². The highest BCUT2D eigenvalue weighted by Gasteiger charge is 2.68. The first-order valence-corrected chi connectivity index (χ1v) is 8.91. The summed E-state index contributed by atoms with van der Waals surface area (Å²) in [7, 11) is -3.60. The minimum Gasteiger partial charge on any atom is -0.266 e. The highest BCUT2D eigenvalue weighted by molar-refractivity contribution is 9.10. The second-order valence-electron chi connectivity index (χ2n) is 5.99. The van der Waals surface area contributed by atoms with Crippen LogP contribution in [0.2, 0.25) is 0 Å². The molecule has 0 heterocycles. The van der Waals surface area contributed by atoms with E-state index in [0.717, 1.165) is 28.1 Å². The van der Waals surface area contributed by atoms with Crippen molar-refractivity contribution < 1.29 is 12.6 Å². The molecule has 0 saturated heterocycles. The largest absolute Gasteiger partial charge is 0.296 e. The van der Waals surface area contributed by atoms with Gasteiger partial charge in [-0.25, -0.2) is 0 Å². The van der Waals surface area contributed by atoms with Crippen LogP contribution in [0.3, 0.4) is 0 Å². The lowest BCUT2D eigenvalue weighted by molar-refractivity contribution is 0.223. The van der Waals surface area contributed by atoms with Crippen molar-refractivity contribution in [2.24, 2.45) is 29.6 Å². The van der Waals surface area contributed by atoms with Crippen LogP contribution >= 0.6 is 15.9 Å². The molecule has 102 valence electrons. The summed E-state index contributed by atoms with van der Waals surface area (Å²) in [6.45, 7) is 0.376. The van der Waals surface area contributed by atoms with Crippen molar-refractivity contribution in [3.05, 3.63) is 28.7 Å². The third-order valence-corrected chi connectivity index (χ3v) is 6.99. The summed E-state index contributed by atoms with van der Waals surface area (Å²) in [5.41, 5.74) is 0. The van der Waals surface area contributed by atoms with E-state index in [2.05, 4.69) is 15.9 Å². The van der Waals surface area contributed by atoms with Crippen LogP contribution in [0.1, 0.15) is 12.8 Å². The van der Waals surface area contributed by atoms with Crippen molar-refractivity contribution in [3.8, 4) is 0 Å². The van der Waals surface area contributed by atoms with Crippen LogP contribution in [0, 0.1) is 29.6 Å². The third-order valence-electron chi connectivity index (χ3n) is 5.17. The lowest BCUT2D eigenvalue weighted by Crippen LogP contribution is -2.17. The molecule has 3 atom stereocenters. The molecular formula is C14H15BrO3S. The van der Waals surface area contributed by atoms with Gasteiger partial charge in [0.1, 0.15) is 0 Å². The molecule has 0 amide bonds. The molecule has 1 aromatic carbocycles. The molecule has 4 saturated carbocycles. The molecular weight excluding hydrogens is 328 g/mol. The van der Waals surface area contributed by atoms with E-state index in [4.69, 9.17) is 4.18 Å². The quantitative estimate of drug-likeness (QED) is 0.790. The molecule has 5 heteroatoms. The first-order valence-electron chi connectivity index (χ1n) is 6.71. The van der Waals surface area contributed by atoms with Gasteiger partial charge in [-0.05, 0) is 66.7 Å². The first-order chi connectivity index (χ1) is 9.06. The Morgan fingerprint density at radius 3 is 2.32 bits per heavy atom. The zero-order valence-electron chi connectivity index (χ0n) is 10.3. The van der Waals surface area contributed by atoms with Gasteiger partial charge in [-0.15, -0.1) is 0 Å². The van der Waals surface area contributed by atoms with Crippen LogP contribution in [0.15, 0.2) is 33.6 Å². The Morgan fingerprint density at radius 1 is 1.16 bits per heavy atom. The van der Waals surface area contributed by atoms with E-state index in [1.807, 2.05) is 0 Å². The molecule has 0 aliphatic heterocycles. The second-order valence-corrected chi connectivity index (χ2v) is 8.52. The molecule has 1 aromatic rings. The van der Waals surface area contributed by atoms with Gasteiger partial charge in [-0.1, -0.05) is 15.9 Å². The van der Waals surface area contributed by atoms with Crippen LogP contribution in [0.25, 0.3) is 0 Å². The van der Waals surface area contributed by atoms with Gasteiger partial charge in [0, 0.05) is 4.47 Å². The zero-order chi connectivity index (χ0) is 13.2. The van der Waals surface area contributed by atoms with Crippen molar-refractivity contribution in [1.82, 2.24) is 0 Å². The van der Waals surface area contributed by atoms with Crippen molar-refractivity contribution in [2.45, 2.75) is 17.7 Å². The third kappa shape index (κ3) is 1.89. The van der Waals surface area contributed by atoms with Gasteiger partial charge in [0.25, 0.3) is 10.1 Å². The van der Waals surface area contributed by atoms with Crippen molar-refractivity contribution in [1.29, 1.82) is 0 Å². The summed E-state index contributed by atoms with van der Waals surface area (Å²) in [6.07, 6.45) is 2.61. The molecule has 0 aromatic heterocycles. The molecule has 5 rings (SSSR count). The van der Waals surface area contributed by atoms with E-state index in [0.29, 0.717) is 12.5 Å². The SMILES string of the molecule is O=S(=O)(OCC1C2CC3C(C2)C13)c1ccc(Br)cc1. The minimum absolute atomic E-state index is 0.244. The molecule has 4 fully saturated rings. The molecule has 19 heavy (non-hydrogen) atoms. The average Bonchev–Trinajstić information content (AvgIpc) is 2.76. The molecule has 0 spiro atoms. The fourth-order valence-electron chi connectivity index (χ4n) is 4.32. The Balaban J connectivity index is 1.46. The Kier molecular flexibility index (Phi) is 2.64. The molecule has 3 unspecified atom stereocenters. The summed E-state index contributed by atoms with van der Waals surface area (Å²) in [5.74, 6) is 3.77. The first kappa shape index (κ1) is 12.4. The summed E-state index contributed by atoms with van der Waals surface area (Å²) >= 11 is 3.30. The summed E-state index contributed by atoms with van der Waals surface area (Å²) in [5, 5.41) is 0. The van der Waals surface area contributed by atoms with Gasteiger partial charge < -0.3 is 0 Å². The van der Waals surface area contributed by atoms with E-state index >= 15 is 0 Å². The van der Waals surface area contributed by atoms with Gasteiger partial charge in [0.15, 0.2) is 0 Å². The second kappa shape index (κ2) is 4.06. The summed E-state index contributed by atoms with van der Waals surface area (Å²) in [6, 6.07) is 6.60. The lowest BCUT2D eigenvalue weighted by atomic mass is 10.00. The van der Waals surface area contributed by atoms with E-state index in [1.165, 1.54) is 12.8 Å². The predicted octanol–water partition coefficient (Wildman–Crippen LogP) is 3.06. The number of hydrogen-bond donors (Lipinski definition) is 0. The monoisotopic (exact) mass is 342 g/mol. The topological polar surface area (TPSA) is 43.4 Å². The highest BCUT2D eigenvalue weighted by Crippen LogP contribution is 2.73. The van der Waals surface area contributed by atoms with E-state index < -0.39 is 10.1 Å². The normalized spacial score (nSPS) is 38.7. The van der Waals surface area contributed by atoms with Crippen molar-refractivity contribution in [2.75, 3.05) is 6.61 Å². The predicted molar refractivity (Wildman–Crippen MR) is 74.0 cm³/mol. The van der Waals surface area contributed by atoms with Crippen LogP contribution in [0.4, 0.5) is 0 Å². The number of benzene rings is 1.